The molecular formula is C21H23Cl2N3O4. The van der Waals surface area contributed by atoms with Crippen LogP contribution in [0, 0.1) is 0 Å². The van der Waals surface area contributed by atoms with E-state index < -0.39 is 23.8 Å². The predicted molar refractivity (Wildman–Crippen MR) is 117 cm³/mol. The lowest BCUT2D eigenvalue weighted by molar-refractivity contribution is -0.133. The Bertz CT molecular complexity index is 904. The van der Waals surface area contributed by atoms with Crippen molar-refractivity contribution in [1.29, 1.82) is 0 Å². The van der Waals surface area contributed by atoms with Crippen molar-refractivity contribution in [2.45, 2.75) is 39.2 Å². The molecule has 2 aromatic carbocycles. The maximum Gasteiger partial charge on any atom is 0.279 e. The molecule has 7 nitrogen and oxygen atoms in total. The molecular weight excluding hydrogens is 429 g/mol. The molecule has 160 valence electrons. The molecule has 0 saturated carbocycles. The first-order valence-electron chi connectivity index (χ1n) is 9.37. The SMILES string of the molecule is CCc1ccc(OC(C)C(=O)NNC(=O)CCC(=O)Nc2ccc(Cl)cc2Cl)cc1. The van der Waals surface area contributed by atoms with E-state index in [0.717, 1.165) is 12.0 Å². The normalized spacial score (nSPS) is 11.3. The van der Waals surface area contributed by atoms with E-state index in [1.54, 1.807) is 31.2 Å². The molecule has 0 aromatic heterocycles. The van der Waals surface area contributed by atoms with Gasteiger partial charge in [0.15, 0.2) is 6.10 Å². The summed E-state index contributed by atoms with van der Waals surface area (Å²) in [4.78, 5) is 35.9. The molecule has 0 radical (unpaired) electrons. The highest BCUT2D eigenvalue weighted by Crippen LogP contribution is 2.25. The van der Waals surface area contributed by atoms with Crippen LogP contribution in [0.5, 0.6) is 5.75 Å². The van der Waals surface area contributed by atoms with Gasteiger partial charge in [0.05, 0.1) is 10.7 Å². The first kappa shape index (κ1) is 23.5. The van der Waals surface area contributed by atoms with Gasteiger partial charge in [-0.2, -0.15) is 0 Å². The Morgan fingerprint density at radius 2 is 1.63 bits per heavy atom. The van der Waals surface area contributed by atoms with Crippen molar-refractivity contribution in [2.75, 3.05) is 5.32 Å². The molecule has 1 unspecified atom stereocenters. The minimum absolute atomic E-state index is 0.0868. The molecule has 0 heterocycles. The highest BCUT2D eigenvalue weighted by molar-refractivity contribution is 6.36. The van der Waals surface area contributed by atoms with Crippen LogP contribution in [0.4, 0.5) is 5.69 Å². The van der Waals surface area contributed by atoms with Crippen molar-refractivity contribution < 1.29 is 19.1 Å². The number of benzene rings is 2. The van der Waals surface area contributed by atoms with Crippen LogP contribution >= 0.6 is 23.2 Å². The minimum Gasteiger partial charge on any atom is -0.481 e. The minimum atomic E-state index is -0.812. The number of hydrazine groups is 1. The Labute approximate surface area is 185 Å². The summed E-state index contributed by atoms with van der Waals surface area (Å²) in [7, 11) is 0. The molecule has 0 fully saturated rings. The molecule has 2 rings (SSSR count). The third kappa shape index (κ3) is 7.57. The van der Waals surface area contributed by atoms with Crippen LogP contribution in [0.3, 0.4) is 0 Å². The summed E-state index contributed by atoms with van der Waals surface area (Å²) in [5, 5.41) is 3.34. The van der Waals surface area contributed by atoms with E-state index in [9.17, 15) is 14.4 Å². The smallest absolute Gasteiger partial charge is 0.279 e. The largest absolute Gasteiger partial charge is 0.481 e. The fraction of sp³-hybridized carbons (Fsp3) is 0.286. The van der Waals surface area contributed by atoms with E-state index in [1.165, 1.54) is 6.07 Å². The quantitative estimate of drug-likeness (QED) is 0.530. The summed E-state index contributed by atoms with van der Waals surface area (Å²) in [6.07, 6.45) is -0.109. The molecule has 3 amide bonds. The number of hydrogen-bond donors (Lipinski definition) is 3. The topological polar surface area (TPSA) is 96.5 Å². The predicted octanol–water partition coefficient (Wildman–Crippen LogP) is 3.89. The molecule has 0 aliphatic rings. The third-order valence-corrected chi connectivity index (χ3v) is 4.67. The van der Waals surface area contributed by atoms with Crippen LogP contribution in [-0.2, 0) is 20.8 Å². The van der Waals surface area contributed by atoms with Crippen LogP contribution in [0.2, 0.25) is 10.0 Å². The number of nitrogens with one attached hydrogen (secondary N) is 3. The van der Waals surface area contributed by atoms with Gasteiger partial charge in [-0.25, -0.2) is 0 Å². The average molecular weight is 452 g/mol. The standard InChI is InChI=1S/C21H23Cl2N3O4/c1-3-14-4-7-16(8-5-14)30-13(2)21(29)26-25-20(28)11-10-19(27)24-18-9-6-15(22)12-17(18)23/h4-9,12-13H,3,10-11H2,1-2H3,(H,24,27)(H,25,28)(H,26,29). The fourth-order valence-corrected chi connectivity index (χ4v) is 2.84. The third-order valence-electron chi connectivity index (χ3n) is 4.12. The van der Waals surface area contributed by atoms with Gasteiger partial charge in [-0.15, -0.1) is 0 Å². The number of carbonyl (C=O) groups is 3. The number of hydrogen-bond acceptors (Lipinski definition) is 4. The number of ether oxygens (including phenoxy) is 1. The molecule has 0 bridgehead atoms. The molecule has 30 heavy (non-hydrogen) atoms. The second kappa shape index (κ2) is 11.4. The van der Waals surface area contributed by atoms with E-state index in [0.29, 0.717) is 21.5 Å². The zero-order valence-corrected chi connectivity index (χ0v) is 18.1. The first-order chi connectivity index (χ1) is 14.3. The first-order valence-corrected chi connectivity index (χ1v) is 10.1. The van der Waals surface area contributed by atoms with Gasteiger partial charge in [0.25, 0.3) is 5.91 Å². The number of carbonyl (C=O) groups excluding carboxylic acids is 3. The van der Waals surface area contributed by atoms with E-state index in [-0.39, 0.29) is 12.8 Å². The maximum atomic E-state index is 12.1. The summed E-state index contributed by atoms with van der Waals surface area (Å²) >= 11 is 11.8. The number of amides is 3. The van der Waals surface area contributed by atoms with E-state index in [1.807, 2.05) is 19.1 Å². The van der Waals surface area contributed by atoms with E-state index >= 15 is 0 Å². The summed E-state index contributed by atoms with van der Waals surface area (Å²) in [5.41, 5.74) is 6.11. The summed E-state index contributed by atoms with van der Waals surface area (Å²) in [5.74, 6) is -0.868. The van der Waals surface area contributed by atoms with Crippen molar-refractivity contribution in [1.82, 2.24) is 10.9 Å². The van der Waals surface area contributed by atoms with Crippen molar-refractivity contribution in [3.63, 3.8) is 0 Å². The fourth-order valence-electron chi connectivity index (χ4n) is 2.39. The van der Waals surface area contributed by atoms with Crippen LogP contribution < -0.4 is 20.9 Å². The second-order valence-electron chi connectivity index (χ2n) is 6.47. The summed E-state index contributed by atoms with van der Waals surface area (Å²) in [6.45, 7) is 3.61. The Morgan fingerprint density at radius 3 is 2.27 bits per heavy atom. The van der Waals surface area contributed by atoms with Crippen LogP contribution in [0.25, 0.3) is 0 Å². The van der Waals surface area contributed by atoms with Gasteiger partial charge in [0, 0.05) is 17.9 Å². The highest BCUT2D eigenvalue weighted by Gasteiger charge is 2.16. The molecule has 0 aliphatic carbocycles. The highest BCUT2D eigenvalue weighted by atomic mass is 35.5. The Balaban J connectivity index is 1.71. The molecule has 9 heteroatoms. The summed E-state index contributed by atoms with van der Waals surface area (Å²) in [6, 6.07) is 12.1. The zero-order valence-electron chi connectivity index (χ0n) is 16.6. The van der Waals surface area contributed by atoms with E-state index in [4.69, 9.17) is 27.9 Å². The van der Waals surface area contributed by atoms with Crippen molar-refractivity contribution in [2.24, 2.45) is 0 Å². The number of aryl methyl sites for hydroxylation is 1. The molecule has 1 atom stereocenters. The number of anilines is 1. The Morgan fingerprint density at radius 1 is 0.967 bits per heavy atom. The van der Waals surface area contributed by atoms with Gasteiger partial charge in [0.1, 0.15) is 5.75 Å². The van der Waals surface area contributed by atoms with E-state index in [2.05, 4.69) is 16.2 Å². The Hall–Kier alpha value is -2.77. The number of halogens is 2. The van der Waals surface area contributed by atoms with Gasteiger partial charge in [-0.1, -0.05) is 42.3 Å². The zero-order chi connectivity index (χ0) is 22.1. The average Bonchev–Trinajstić information content (AvgIpc) is 2.73. The maximum absolute atomic E-state index is 12.1. The summed E-state index contributed by atoms with van der Waals surface area (Å²) < 4.78 is 5.54. The van der Waals surface area contributed by atoms with Crippen LogP contribution in [-0.4, -0.2) is 23.8 Å². The van der Waals surface area contributed by atoms with Crippen LogP contribution in [0.15, 0.2) is 42.5 Å². The van der Waals surface area contributed by atoms with Crippen molar-refractivity contribution in [3.8, 4) is 5.75 Å². The monoisotopic (exact) mass is 451 g/mol. The second-order valence-corrected chi connectivity index (χ2v) is 7.31. The van der Waals surface area contributed by atoms with Gasteiger partial charge < -0.3 is 10.1 Å². The Kier molecular flexibility index (Phi) is 8.95. The van der Waals surface area contributed by atoms with Gasteiger partial charge >= 0.3 is 0 Å². The van der Waals surface area contributed by atoms with Crippen molar-refractivity contribution >= 4 is 46.6 Å². The lowest BCUT2D eigenvalue weighted by Crippen LogP contribution is -2.47. The lowest BCUT2D eigenvalue weighted by Gasteiger charge is -2.15. The molecule has 3 N–H and O–H groups in total. The molecule has 0 spiro atoms. The van der Waals surface area contributed by atoms with Gasteiger partial charge in [-0.05, 0) is 49.2 Å². The van der Waals surface area contributed by atoms with Crippen molar-refractivity contribution in [3.05, 3.63) is 58.1 Å². The van der Waals surface area contributed by atoms with Gasteiger partial charge in [-0.3, -0.25) is 25.2 Å². The molecule has 0 aliphatic heterocycles. The molecule has 2 aromatic rings. The number of rotatable bonds is 8. The van der Waals surface area contributed by atoms with Crippen LogP contribution in [0.1, 0.15) is 32.3 Å². The molecule has 0 saturated heterocycles. The lowest BCUT2D eigenvalue weighted by atomic mass is 10.2. The van der Waals surface area contributed by atoms with Gasteiger partial charge in [0.2, 0.25) is 11.8 Å².